The predicted molar refractivity (Wildman–Crippen MR) is 116 cm³/mol. The summed E-state index contributed by atoms with van der Waals surface area (Å²) in [6.45, 7) is 3.69. The fourth-order valence-electron chi connectivity index (χ4n) is 2.72. The standard InChI is InChI=1S/C23H22N4O2/c1-15-5-3-4-6-21(15)23(29)25-20-13-9-18(10-14-20)22(28)27-26-16(2)17-7-11-19(24)12-8-17/h3-14H,24H2,1-2H3,(H,25,29)(H,27,28). The Hall–Kier alpha value is -3.93. The third-order valence-corrected chi connectivity index (χ3v) is 4.45. The van der Waals surface area contributed by atoms with E-state index in [1.165, 1.54) is 0 Å². The zero-order chi connectivity index (χ0) is 20.8. The first kappa shape index (κ1) is 19.8. The number of carbonyl (C=O) groups is 2. The van der Waals surface area contributed by atoms with E-state index in [-0.39, 0.29) is 11.8 Å². The average Bonchev–Trinajstić information content (AvgIpc) is 2.73. The molecule has 0 aliphatic rings. The number of hydrogen-bond acceptors (Lipinski definition) is 4. The minimum Gasteiger partial charge on any atom is -0.399 e. The number of amides is 2. The number of hydrazone groups is 1. The molecule has 0 aliphatic heterocycles. The second-order valence-electron chi connectivity index (χ2n) is 6.61. The number of hydrogen-bond donors (Lipinski definition) is 3. The maximum absolute atomic E-state index is 12.4. The highest BCUT2D eigenvalue weighted by Gasteiger charge is 2.10. The molecule has 3 aromatic rings. The summed E-state index contributed by atoms with van der Waals surface area (Å²) in [5.41, 5.74) is 13.0. The summed E-state index contributed by atoms with van der Waals surface area (Å²) < 4.78 is 0. The van der Waals surface area contributed by atoms with Gasteiger partial charge in [0.1, 0.15) is 0 Å². The molecule has 0 fully saturated rings. The van der Waals surface area contributed by atoms with Gasteiger partial charge in [0.2, 0.25) is 0 Å². The van der Waals surface area contributed by atoms with E-state index < -0.39 is 0 Å². The molecule has 0 unspecified atom stereocenters. The molecular weight excluding hydrogens is 364 g/mol. The van der Waals surface area contributed by atoms with Crippen molar-refractivity contribution in [1.29, 1.82) is 0 Å². The first-order valence-corrected chi connectivity index (χ1v) is 9.11. The van der Waals surface area contributed by atoms with Crippen molar-refractivity contribution in [2.24, 2.45) is 5.10 Å². The van der Waals surface area contributed by atoms with Gasteiger partial charge in [0.15, 0.2) is 0 Å². The minimum atomic E-state index is -0.337. The Kier molecular flexibility index (Phi) is 6.04. The van der Waals surface area contributed by atoms with Gasteiger partial charge in [0, 0.05) is 22.5 Å². The lowest BCUT2D eigenvalue weighted by molar-refractivity contribution is 0.0954. The van der Waals surface area contributed by atoms with Gasteiger partial charge in [0.05, 0.1) is 5.71 Å². The highest BCUT2D eigenvalue weighted by Crippen LogP contribution is 2.14. The smallest absolute Gasteiger partial charge is 0.271 e. The third-order valence-electron chi connectivity index (χ3n) is 4.45. The average molecular weight is 386 g/mol. The molecule has 6 heteroatoms. The van der Waals surface area contributed by atoms with Gasteiger partial charge >= 0.3 is 0 Å². The summed E-state index contributed by atoms with van der Waals surface area (Å²) >= 11 is 0. The van der Waals surface area contributed by atoms with Gasteiger partial charge < -0.3 is 11.1 Å². The number of anilines is 2. The monoisotopic (exact) mass is 386 g/mol. The van der Waals surface area contributed by atoms with Crippen molar-refractivity contribution in [3.8, 4) is 0 Å². The van der Waals surface area contributed by atoms with Crippen LogP contribution in [0.5, 0.6) is 0 Å². The van der Waals surface area contributed by atoms with Crippen LogP contribution in [0.3, 0.4) is 0 Å². The minimum absolute atomic E-state index is 0.191. The number of nitrogens with one attached hydrogen (secondary N) is 2. The zero-order valence-corrected chi connectivity index (χ0v) is 16.3. The van der Waals surface area contributed by atoms with Crippen LogP contribution in [-0.2, 0) is 0 Å². The number of rotatable bonds is 5. The van der Waals surface area contributed by atoms with E-state index in [4.69, 9.17) is 5.73 Å². The Labute approximate surface area is 169 Å². The van der Waals surface area contributed by atoms with E-state index in [0.29, 0.717) is 28.2 Å². The van der Waals surface area contributed by atoms with Gasteiger partial charge in [-0.2, -0.15) is 5.10 Å². The molecule has 0 heterocycles. The Balaban J connectivity index is 1.63. The summed E-state index contributed by atoms with van der Waals surface area (Å²) in [7, 11) is 0. The highest BCUT2D eigenvalue weighted by molar-refractivity contribution is 6.05. The molecule has 0 aliphatic carbocycles. The number of nitrogen functional groups attached to an aromatic ring is 1. The molecular formula is C23H22N4O2. The van der Waals surface area contributed by atoms with E-state index in [1.807, 2.05) is 37.3 Å². The van der Waals surface area contributed by atoms with Crippen molar-refractivity contribution >= 4 is 28.9 Å². The highest BCUT2D eigenvalue weighted by atomic mass is 16.2. The van der Waals surface area contributed by atoms with Gasteiger partial charge in [-0.05, 0) is 67.4 Å². The summed E-state index contributed by atoms with van der Waals surface area (Å²) in [5, 5.41) is 6.96. The largest absolute Gasteiger partial charge is 0.399 e. The van der Waals surface area contributed by atoms with Crippen molar-refractivity contribution in [2.75, 3.05) is 11.1 Å². The van der Waals surface area contributed by atoms with Gasteiger partial charge in [-0.25, -0.2) is 5.43 Å². The predicted octanol–water partition coefficient (Wildman–Crippen LogP) is 3.98. The van der Waals surface area contributed by atoms with Crippen molar-refractivity contribution in [2.45, 2.75) is 13.8 Å². The molecule has 3 rings (SSSR count). The summed E-state index contributed by atoms with van der Waals surface area (Å²) in [6, 6.07) is 21.2. The van der Waals surface area contributed by atoms with Crippen LogP contribution in [0.15, 0.2) is 77.9 Å². The third kappa shape index (κ3) is 5.07. The van der Waals surface area contributed by atoms with Crippen molar-refractivity contribution in [1.82, 2.24) is 5.43 Å². The lowest BCUT2D eigenvalue weighted by Crippen LogP contribution is -2.19. The molecule has 0 bridgehead atoms. The van der Waals surface area contributed by atoms with Crippen molar-refractivity contribution < 1.29 is 9.59 Å². The molecule has 6 nitrogen and oxygen atoms in total. The Morgan fingerprint density at radius 1 is 0.828 bits per heavy atom. The quantitative estimate of drug-likeness (QED) is 0.351. The summed E-state index contributed by atoms with van der Waals surface area (Å²) in [4.78, 5) is 24.7. The van der Waals surface area contributed by atoms with E-state index in [9.17, 15) is 9.59 Å². The second-order valence-corrected chi connectivity index (χ2v) is 6.61. The molecule has 0 atom stereocenters. The Morgan fingerprint density at radius 3 is 2.10 bits per heavy atom. The Bertz CT molecular complexity index is 1050. The van der Waals surface area contributed by atoms with Gasteiger partial charge in [0.25, 0.3) is 11.8 Å². The van der Waals surface area contributed by atoms with Crippen LogP contribution in [0.4, 0.5) is 11.4 Å². The van der Waals surface area contributed by atoms with Crippen LogP contribution in [0.1, 0.15) is 38.8 Å². The van der Waals surface area contributed by atoms with Crippen LogP contribution < -0.4 is 16.5 Å². The van der Waals surface area contributed by atoms with Gasteiger partial charge in [-0.3, -0.25) is 9.59 Å². The van der Waals surface area contributed by atoms with Crippen LogP contribution in [0, 0.1) is 6.92 Å². The van der Waals surface area contributed by atoms with Crippen molar-refractivity contribution in [3.63, 3.8) is 0 Å². The number of carbonyl (C=O) groups excluding carboxylic acids is 2. The molecule has 4 N–H and O–H groups in total. The maximum atomic E-state index is 12.4. The fourth-order valence-corrected chi connectivity index (χ4v) is 2.72. The summed E-state index contributed by atoms with van der Waals surface area (Å²) in [6.07, 6.45) is 0. The molecule has 0 spiro atoms. The van der Waals surface area contributed by atoms with Crippen LogP contribution in [-0.4, -0.2) is 17.5 Å². The number of nitrogens with two attached hydrogens (primary N) is 1. The van der Waals surface area contributed by atoms with Crippen LogP contribution in [0.25, 0.3) is 0 Å². The molecule has 3 aromatic carbocycles. The molecule has 2 amide bonds. The first-order valence-electron chi connectivity index (χ1n) is 9.11. The van der Waals surface area contributed by atoms with E-state index in [0.717, 1.165) is 11.1 Å². The molecule has 146 valence electrons. The summed E-state index contributed by atoms with van der Waals surface area (Å²) in [5.74, 6) is -0.527. The van der Waals surface area contributed by atoms with E-state index in [2.05, 4.69) is 15.8 Å². The van der Waals surface area contributed by atoms with Crippen molar-refractivity contribution in [3.05, 3.63) is 95.1 Å². The number of benzene rings is 3. The number of nitrogens with zero attached hydrogens (tertiary/aromatic N) is 1. The van der Waals surface area contributed by atoms with Gasteiger partial charge in [-0.1, -0.05) is 30.3 Å². The zero-order valence-electron chi connectivity index (χ0n) is 16.3. The SMILES string of the molecule is CC(=NNC(=O)c1ccc(NC(=O)c2ccccc2C)cc1)c1ccc(N)cc1. The Morgan fingerprint density at radius 2 is 1.45 bits per heavy atom. The molecule has 29 heavy (non-hydrogen) atoms. The fraction of sp³-hybridized carbons (Fsp3) is 0.0870. The maximum Gasteiger partial charge on any atom is 0.271 e. The lowest BCUT2D eigenvalue weighted by atomic mass is 10.1. The normalized spacial score (nSPS) is 11.0. The topological polar surface area (TPSA) is 96.6 Å². The second kappa shape index (κ2) is 8.84. The molecule has 0 radical (unpaired) electrons. The lowest BCUT2D eigenvalue weighted by Gasteiger charge is -2.08. The van der Waals surface area contributed by atoms with E-state index in [1.54, 1.807) is 49.4 Å². The van der Waals surface area contributed by atoms with Crippen LogP contribution in [0.2, 0.25) is 0 Å². The molecule has 0 saturated carbocycles. The van der Waals surface area contributed by atoms with Gasteiger partial charge in [-0.15, -0.1) is 0 Å². The first-order chi connectivity index (χ1) is 13.9. The van der Waals surface area contributed by atoms with Crippen LogP contribution >= 0.6 is 0 Å². The molecule has 0 saturated heterocycles. The molecule has 0 aromatic heterocycles. The van der Waals surface area contributed by atoms with E-state index >= 15 is 0 Å². The number of aryl methyl sites for hydroxylation is 1.